The summed E-state index contributed by atoms with van der Waals surface area (Å²) in [7, 11) is 0. The van der Waals surface area contributed by atoms with Crippen LogP contribution in [-0.2, 0) is 14.3 Å². The summed E-state index contributed by atoms with van der Waals surface area (Å²) in [6, 6.07) is 8.54. The number of hydrogen-bond donors (Lipinski definition) is 2. The summed E-state index contributed by atoms with van der Waals surface area (Å²) in [6.07, 6.45) is 7.30. The SMILES string of the molecule is Cc1cc(NC(=O)COC(=O)c2ccccc2SCC(=O)NC23CC4CC(CC(C4)C2)C3)no1. The lowest BCUT2D eigenvalue weighted by molar-refractivity contribution is -0.124. The van der Waals surface area contributed by atoms with Gasteiger partial charge in [0.15, 0.2) is 12.4 Å². The molecule has 0 spiro atoms. The molecule has 4 fully saturated rings. The number of thioether (sulfide) groups is 1. The number of esters is 1. The lowest BCUT2D eigenvalue weighted by Gasteiger charge is -2.56. The zero-order chi connectivity index (χ0) is 23.7. The van der Waals surface area contributed by atoms with E-state index in [1.807, 2.05) is 6.07 Å². The molecule has 1 aromatic carbocycles. The maximum atomic E-state index is 12.9. The average molecular weight is 484 g/mol. The molecule has 2 amide bonds. The first-order valence-electron chi connectivity index (χ1n) is 11.8. The van der Waals surface area contributed by atoms with Crippen molar-refractivity contribution in [2.24, 2.45) is 17.8 Å². The zero-order valence-corrected chi connectivity index (χ0v) is 20.0. The van der Waals surface area contributed by atoms with E-state index in [0.717, 1.165) is 37.0 Å². The number of nitrogens with zero attached hydrogens (tertiary/aromatic N) is 1. The molecule has 1 aromatic heterocycles. The number of nitrogens with one attached hydrogen (secondary N) is 2. The lowest BCUT2D eigenvalue weighted by atomic mass is 9.53. The highest BCUT2D eigenvalue weighted by molar-refractivity contribution is 8.00. The summed E-state index contributed by atoms with van der Waals surface area (Å²) < 4.78 is 10.1. The van der Waals surface area contributed by atoms with Crippen LogP contribution in [0.1, 0.15) is 54.6 Å². The van der Waals surface area contributed by atoms with E-state index in [2.05, 4.69) is 15.8 Å². The van der Waals surface area contributed by atoms with Gasteiger partial charge in [-0.2, -0.15) is 0 Å². The summed E-state index contributed by atoms with van der Waals surface area (Å²) in [5, 5.41) is 9.55. The predicted molar refractivity (Wildman–Crippen MR) is 126 cm³/mol. The molecule has 6 rings (SSSR count). The van der Waals surface area contributed by atoms with Crippen LogP contribution >= 0.6 is 11.8 Å². The second-order valence-corrected chi connectivity index (χ2v) is 11.0. The van der Waals surface area contributed by atoms with Crippen molar-refractivity contribution in [3.05, 3.63) is 41.7 Å². The Kier molecular flexibility index (Phi) is 6.38. The quantitative estimate of drug-likeness (QED) is 0.432. The third kappa shape index (κ3) is 5.14. The van der Waals surface area contributed by atoms with Gasteiger partial charge in [-0.1, -0.05) is 17.3 Å². The van der Waals surface area contributed by atoms with Gasteiger partial charge < -0.3 is 19.9 Å². The minimum atomic E-state index is -0.615. The zero-order valence-electron chi connectivity index (χ0n) is 19.2. The van der Waals surface area contributed by atoms with E-state index in [-0.39, 0.29) is 23.0 Å². The third-order valence-electron chi connectivity index (χ3n) is 7.14. The highest BCUT2D eigenvalue weighted by Gasteiger charge is 2.51. The van der Waals surface area contributed by atoms with Crippen LogP contribution in [0.15, 0.2) is 39.8 Å². The van der Waals surface area contributed by atoms with Crippen molar-refractivity contribution >= 4 is 35.4 Å². The number of hydrogen-bond acceptors (Lipinski definition) is 7. The Morgan fingerprint density at radius 3 is 2.41 bits per heavy atom. The normalized spacial score (nSPS) is 26.8. The Hall–Kier alpha value is -2.81. The van der Waals surface area contributed by atoms with Crippen molar-refractivity contribution in [3.63, 3.8) is 0 Å². The van der Waals surface area contributed by atoms with Crippen molar-refractivity contribution in [1.29, 1.82) is 0 Å². The van der Waals surface area contributed by atoms with Crippen LogP contribution in [0.25, 0.3) is 0 Å². The topological polar surface area (TPSA) is 111 Å². The molecule has 0 atom stereocenters. The van der Waals surface area contributed by atoms with Crippen LogP contribution in [0.2, 0.25) is 0 Å². The molecule has 0 aliphatic heterocycles. The number of carbonyl (C=O) groups excluding carboxylic acids is 3. The van der Waals surface area contributed by atoms with E-state index in [9.17, 15) is 14.4 Å². The highest BCUT2D eigenvalue weighted by atomic mass is 32.2. The first-order chi connectivity index (χ1) is 16.4. The molecule has 0 unspecified atom stereocenters. The standard InChI is InChI=1S/C25H29N3O5S/c1-15-6-21(28-33-15)26-22(29)13-32-24(31)19-4-2-3-5-20(19)34-14-23(30)27-25-10-16-7-17(11-25)9-18(8-16)12-25/h2-6,16-18H,7-14H2,1H3,(H,27,30)(H,26,28,29). The molecule has 0 saturated heterocycles. The number of benzene rings is 1. The van der Waals surface area contributed by atoms with E-state index >= 15 is 0 Å². The molecule has 2 N–H and O–H groups in total. The molecule has 4 aliphatic rings. The maximum Gasteiger partial charge on any atom is 0.339 e. The molecule has 8 nitrogen and oxygen atoms in total. The van der Waals surface area contributed by atoms with E-state index < -0.39 is 18.5 Å². The van der Waals surface area contributed by atoms with Gasteiger partial charge in [0.05, 0.1) is 11.3 Å². The van der Waals surface area contributed by atoms with Gasteiger partial charge in [0.1, 0.15) is 5.76 Å². The number of carbonyl (C=O) groups is 3. The number of aryl methyl sites for hydroxylation is 1. The molecular weight excluding hydrogens is 454 g/mol. The number of amides is 2. The van der Waals surface area contributed by atoms with Gasteiger partial charge in [-0.3, -0.25) is 9.59 Å². The van der Waals surface area contributed by atoms with Crippen LogP contribution < -0.4 is 10.6 Å². The molecule has 1 heterocycles. The minimum absolute atomic E-state index is 0.0115. The Morgan fingerprint density at radius 2 is 1.76 bits per heavy atom. The average Bonchev–Trinajstić information content (AvgIpc) is 3.19. The Morgan fingerprint density at radius 1 is 1.09 bits per heavy atom. The Bertz CT molecular complexity index is 1060. The molecule has 4 aliphatic carbocycles. The van der Waals surface area contributed by atoms with Crippen LogP contribution in [0.3, 0.4) is 0 Å². The van der Waals surface area contributed by atoms with Crippen LogP contribution in [0.5, 0.6) is 0 Å². The fourth-order valence-corrected chi connectivity index (χ4v) is 7.15. The summed E-state index contributed by atoms with van der Waals surface area (Å²) in [4.78, 5) is 38.2. The molecule has 4 bridgehead atoms. The van der Waals surface area contributed by atoms with E-state index in [1.165, 1.54) is 31.0 Å². The number of rotatable bonds is 8. The van der Waals surface area contributed by atoms with Gasteiger partial charge in [0.25, 0.3) is 5.91 Å². The fourth-order valence-electron chi connectivity index (χ4n) is 6.31. The van der Waals surface area contributed by atoms with Crippen molar-refractivity contribution in [2.75, 3.05) is 17.7 Å². The van der Waals surface area contributed by atoms with Gasteiger partial charge in [-0.05, 0) is 75.3 Å². The van der Waals surface area contributed by atoms with Gasteiger partial charge in [0, 0.05) is 16.5 Å². The summed E-state index contributed by atoms with van der Waals surface area (Å²) >= 11 is 1.32. The first-order valence-corrected chi connectivity index (χ1v) is 12.8. The summed E-state index contributed by atoms with van der Waals surface area (Å²) in [5.74, 6) is 2.23. The van der Waals surface area contributed by atoms with Crippen LogP contribution in [-0.4, -0.2) is 40.8 Å². The number of aromatic nitrogens is 1. The fraction of sp³-hybridized carbons (Fsp3) is 0.520. The molecule has 9 heteroatoms. The van der Waals surface area contributed by atoms with Gasteiger partial charge >= 0.3 is 5.97 Å². The molecule has 0 radical (unpaired) electrons. The summed E-state index contributed by atoms with van der Waals surface area (Å²) in [6.45, 7) is 1.26. The van der Waals surface area contributed by atoms with Crippen LogP contribution in [0, 0.1) is 24.7 Å². The Balaban J connectivity index is 1.14. The lowest BCUT2D eigenvalue weighted by Crippen LogP contribution is -2.60. The second-order valence-electron chi connectivity index (χ2n) is 9.98. The maximum absolute atomic E-state index is 12.9. The largest absolute Gasteiger partial charge is 0.452 e. The van der Waals surface area contributed by atoms with Gasteiger partial charge in [-0.15, -0.1) is 11.8 Å². The Labute approximate surface area is 202 Å². The number of anilines is 1. The third-order valence-corrected chi connectivity index (χ3v) is 8.21. The van der Waals surface area contributed by atoms with Crippen molar-refractivity contribution in [3.8, 4) is 0 Å². The van der Waals surface area contributed by atoms with Gasteiger partial charge in [0.2, 0.25) is 5.91 Å². The first kappa shape index (κ1) is 23.0. The number of ether oxygens (including phenoxy) is 1. The summed E-state index contributed by atoms with van der Waals surface area (Å²) in [5.41, 5.74) is 0.306. The predicted octanol–water partition coefficient (Wildman–Crippen LogP) is 3.96. The monoisotopic (exact) mass is 483 g/mol. The molecule has 34 heavy (non-hydrogen) atoms. The smallest absolute Gasteiger partial charge is 0.339 e. The van der Waals surface area contributed by atoms with Gasteiger partial charge in [-0.25, -0.2) is 4.79 Å². The van der Waals surface area contributed by atoms with Crippen LogP contribution in [0.4, 0.5) is 5.82 Å². The second kappa shape index (κ2) is 9.44. The highest BCUT2D eigenvalue weighted by Crippen LogP contribution is 2.55. The van der Waals surface area contributed by atoms with E-state index in [4.69, 9.17) is 9.26 Å². The van der Waals surface area contributed by atoms with Crippen molar-refractivity contribution < 1.29 is 23.6 Å². The minimum Gasteiger partial charge on any atom is -0.452 e. The molecular formula is C25H29N3O5S. The van der Waals surface area contributed by atoms with E-state index in [0.29, 0.717) is 16.2 Å². The van der Waals surface area contributed by atoms with Crippen molar-refractivity contribution in [2.45, 2.75) is 55.9 Å². The van der Waals surface area contributed by atoms with Crippen molar-refractivity contribution in [1.82, 2.24) is 10.5 Å². The molecule has 4 saturated carbocycles. The molecule has 180 valence electrons. The molecule has 2 aromatic rings. The van der Waals surface area contributed by atoms with E-state index in [1.54, 1.807) is 31.2 Å².